The lowest BCUT2D eigenvalue weighted by Crippen LogP contribution is -2.52. The Balaban J connectivity index is 1.86. The van der Waals surface area contributed by atoms with Crippen LogP contribution in [-0.4, -0.2) is 61.4 Å². The molecule has 1 aromatic heterocycles. The first-order valence-electron chi connectivity index (χ1n) is 6.89. The zero-order valence-electron chi connectivity index (χ0n) is 12.0. The van der Waals surface area contributed by atoms with Gasteiger partial charge in [-0.15, -0.1) is 0 Å². The molecule has 20 heavy (non-hydrogen) atoms. The van der Waals surface area contributed by atoms with Gasteiger partial charge in [-0.1, -0.05) is 6.92 Å². The predicted molar refractivity (Wildman–Crippen MR) is 74.3 cm³/mol. The Labute approximate surface area is 118 Å². The van der Waals surface area contributed by atoms with Crippen molar-refractivity contribution in [1.82, 2.24) is 15.1 Å². The lowest BCUT2D eigenvalue weighted by Gasteiger charge is -2.35. The van der Waals surface area contributed by atoms with Gasteiger partial charge in [0, 0.05) is 38.6 Å². The van der Waals surface area contributed by atoms with Crippen molar-refractivity contribution in [2.45, 2.75) is 6.92 Å². The Morgan fingerprint density at radius 3 is 2.50 bits per heavy atom. The van der Waals surface area contributed by atoms with Gasteiger partial charge in [0.05, 0.1) is 6.26 Å². The van der Waals surface area contributed by atoms with E-state index in [1.165, 1.54) is 6.26 Å². The van der Waals surface area contributed by atoms with E-state index in [1.807, 2.05) is 18.9 Å². The molecule has 0 aromatic carbocycles. The maximum absolute atomic E-state index is 12.2. The molecule has 6 nitrogen and oxygen atoms in total. The number of piperazine rings is 1. The zero-order valence-corrected chi connectivity index (χ0v) is 12.0. The summed E-state index contributed by atoms with van der Waals surface area (Å²) in [5, 5.41) is 3.01. The van der Waals surface area contributed by atoms with Gasteiger partial charge >= 0.3 is 0 Å². The Morgan fingerprint density at radius 2 is 1.95 bits per heavy atom. The standard InChI is InChI=1S/C14H21N3O3/c1-11(10-15-2)13(18)16-5-7-17(8-6-16)14(19)12-4-3-9-20-12/h3-4,9,11,15H,5-8,10H2,1-2H3. The largest absolute Gasteiger partial charge is 0.459 e. The highest BCUT2D eigenvalue weighted by atomic mass is 16.3. The minimum atomic E-state index is -0.106. The molecule has 2 amide bonds. The number of rotatable bonds is 4. The van der Waals surface area contributed by atoms with Gasteiger partial charge in [-0.3, -0.25) is 9.59 Å². The summed E-state index contributed by atoms with van der Waals surface area (Å²) >= 11 is 0. The molecule has 1 N–H and O–H groups in total. The monoisotopic (exact) mass is 279 g/mol. The van der Waals surface area contributed by atoms with Gasteiger partial charge in [0.15, 0.2) is 5.76 Å². The number of hydrogen-bond donors (Lipinski definition) is 1. The molecule has 1 aromatic rings. The highest BCUT2D eigenvalue weighted by Crippen LogP contribution is 2.11. The van der Waals surface area contributed by atoms with Crippen LogP contribution < -0.4 is 5.32 Å². The molecule has 0 radical (unpaired) electrons. The number of nitrogens with one attached hydrogen (secondary N) is 1. The smallest absolute Gasteiger partial charge is 0.289 e. The van der Waals surface area contributed by atoms with E-state index in [1.54, 1.807) is 17.0 Å². The maximum Gasteiger partial charge on any atom is 0.289 e. The summed E-state index contributed by atoms with van der Waals surface area (Å²) in [5.74, 6) is 0.357. The SMILES string of the molecule is CNCC(C)C(=O)N1CCN(C(=O)c2ccco2)CC1. The number of furan rings is 1. The van der Waals surface area contributed by atoms with E-state index in [4.69, 9.17) is 4.42 Å². The van der Waals surface area contributed by atoms with Crippen molar-refractivity contribution in [2.24, 2.45) is 5.92 Å². The molecule has 0 spiro atoms. The van der Waals surface area contributed by atoms with Crippen LogP contribution in [0, 0.1) is 5.92 Å². The molecule has 2 heterocycles. The van der Waals surface area contributed by atoms with E-state index < -0.39 is 0 Å². The van der Waals surface area contributed by atoms with Gasteiger partial charge in [0.25, 0.3) is 5.91 Å². The van der Waals surface area contributed by atoms with Gasteiger partial charge in [0.2, 0.25) is 5.91 Å². The number of nitrogens with zero attached hydrogens (tertiary/aromatic N) is 2. The average Bonchev–Trinajstić information content (AvgIpc) is 3.00. The summed E-state index contributed by atoms with van der Waals surface area (Å²) in [6, 6.07) is 3.36. The summed E-state index contributed by atoms with van der Waals surface area (Å²) in [5.41, 5.74) is 0. The first-order chi connectivity index (χ1) is 9.63. The van der Waals surface area contributed by atoms with Crippen LogP contribution in [0.4, 0.5) is 0 Å². The van der Waals surface area contributed by atoms with E-state index in [-0.39, 0.29) is 17.7 Å². The fourth-order valence-corrected chi connectivity index (χ4v) is 2.39. The Morgan fingerprint density at radius 1 is 1.30 bits per heavy atom. The van der Waals surface area contributed by atoms with Gasteiger partial charge in [0.1, 0.15) is 0 Å². The van der Waals surface area contributed by atoms with Crippen molar-refractivity contribution in [3.63, 3.8) is 0 Å². The summed E-state index contributed by atoms with van der Waals surface area (Å²) in [7, 11) is 1.84. The highest BCUT2D eigenvalue weighted by molar-refractivity contribution is 5.91. The number of carbonyl (C=O) groups excluding carboxylic acids is 2. The van der Waals surface area contributed by atoms with Crippen LogP contribution in [-0.2, 0) is 4.79 Å². The van der Waals surface area contributed by atoms with Gasteiger partial charge < -0.3 is 19.5 Å². The van der Waals surface area contributed by atoms with Crippen LogP contribution in [0.2, 0.25) is 0 Å². The normalized spacial score (nSPS) is 17.1. The van der Waals surface area contributed by atoms with Gasteiger partial charge in [-0.25, -0.2) is 0 Å². The van der Waals surface area contributed by atoms with E-state index in [0.29, 0.717) is 38.5 Å². The van der Waals surface area contributed by atoms with Crippen LogP contribution in [0.3, 0.4) is 0 Å². The summed E-state index contributed by atoms with van der Waals surface area (Å²) < 4.78 is 5.11. The van der Waals surface area contributed by atoms with E-state index in [0.717, 1.165) is 0 Å². The summed E-state index contributed by atoms with van der Waals surface area (Å²) in [6.45, 7) is 4.86. The van der Waals surface area contributed by atoms with Crippen LogP contribution in [0.15, 0.2) is 22.8 Å². The molecule has 1 atom stereocenters. The third kappa shape index (κ3) is 3.19. The molecule has 0 aliphatic carbocycles. The maximum atomic E-state index is 12.2. The third-order valence-electron chi connectivity index (χ3n) is 3.54. The Bertz CT molecular complexity index is 450. The average molecular weight is 279 g/mol. The molecule has 1 aliphatic rings. The third-order valence-corrected chi connectivity index (χ3v) is 3.54. The van der Waals surface area contributed by atoms with Crippen molar-refractivity contribution in [3.05, 3.63) is 24.2 Å². The van der Waals surface area contributed by atoms with Crippen molar-refractivity contribution < 1.29 is 14.0 Å². The molecule has 6 heteroatoms. The number of carbonyl (C=O) groups is 2. The van der Waals surface area contributed by atoms with E-state index in [9.17, 15) is 9.59 Å². The minimum Gasteiger partial charge on any atom is -0.459 e. The molecule has 110 valence electrons. The van der Waals surface area contributed by atoms with Crippen molar-refractivity contribution in [3.8, 4) is 0 Å². The lowest BCUT2D eigenvalue weighted by molar-refractivity contribution is -0.136. The fraction of sp³-hybridized carbons (Fsp3) is 0.571. The lowest BCUT2D eigenvalue weighted by atomic mass is 10.1. The van der Waals surface area contributed by atoms with Crippen molar-refractivity contribution in [2.75, 3.05) is 39.8 Å². The van der Waals surface area contributed by atoms with E-state index in [2.05, 4.69) is 5.32 Å². The molecular weight excluding hydrogens is 258 g/mol. The van der Waals surface area contributed by atoms with E-state index >= 15 is 0 Å². The zero-order chi connectivity index (χ0) is 14.5. The summed E-state index contributed by atoms with van der Waals surface area (Å²) in [4.78, 5) is 27.8. The predicted octanol–water partition coefficient (Wildman–Crippen LogP) is 0.420. The second kappa shape index (κ2) is 6.56. The highest BCUT2D eigenvalue weighted by Gasteiger charge is 2.27. The first-order valence-corrected chi connectivity index (χ1v) is 6.89. The number of amides is 2. The van der Waals surface area contributed by atoms with Crippen molar-refractivity contribution in [1.29, 1.82) is 0 Å². The van der Waals surface area contributed by atoms with Crippen LogP contribution in [0.5, 0.6) is 0 Å². The molecule has 0 bridgehead atoms. The molecular formula is C14H21N3O3. The molecule has 1 fully saturated rings. The first kappa shape index (κ1) is 14.6. The fourth-order valence-electron chi connectivity index (χ4n) is 2.39. The number of hydrogen-bond acceptors (Lipinski definition) is 4. The van der Waals surface area contributed by atoms with Crippen molar-refractivity contribution >= 4 is 11.8 Å². The van der Waals surface area contributed by atoms with Gasteiger partial charge in [-0.05, 0) is 19.2 Å². The summed E-state index contributed by atoms with van der Waals surface area (Å²) in [6.07, 6.45) is 1.49. The second-order valence-electron chi connectivity index (χ2n) is 5.05. The van der Waals surface area contributed by atoms with Crippen LogP contribution >= 0.6 is 0 Å². The molecule has 1 unspecified atom stereocenters. The second-order valence-corrected chi connectivity index (χ2v) is 5.05. The topological polar surface area (TPSA) is 65.8 Å². The Kier molecular flexibility index (Phi) is 4.79. The quantitative estimate of drug-likeness (QED) is 0.867. The molecule has 1 aliphatic heterocycles. The molecule has 1 saturated heterocycles. The Hall–Kier alpha value is -1.82. The molecule has 0 saturated carbocycles. The van der Waals surface area contributed by atoms with Gasteiger partial charge in [-0.2, -0.15) is 0 Å². The van der Waals surface area contributed by atoms with Crippen LogP contribution in [0.1, 0.15) is 17.5 Å². The molecule has 2 rings (SSSR count). The van der Waals surface area contributed by atoms with Crippen LogP contribution in [0.25, 0.3) is 0 Å². The minimum absolute atomic E-state index is 0.0349.